The summed E-state index contributed by atoms with van der Waals surface area (Å²) in [6, 6.07) is 10.0. The average Bonchev–Trinajstić information content (AvgIpc) is 3.67. The Kier molecular flexibility index (Phi) is 9.17. The second kappa shape index (κ2) is 13.4. The van der Waals surface area contributed by atoms with Gasteiger partial charge in [0.2, 0.25) is 5.82 Å². The summed E-state index contributed by atoms with van der Waals surface area (Å²) in [7, 11) is 4.08. The lowest BCUT2D eigenvalue weighted by molar-refractivity contribution is 0.0929. The Morgan fingerprint density at radius 3 is 2.42 bits per heavy atom. The number of hydrogen-bond donors (Lipinski definition) is 1. The highest BCUT2D eigenvalue weighted by molar-refractivity contribution is 5.96. The van der Waals surface area contributed by atoms with E-state index in [0.29, 0.717) is 35.0 Å². The van der Waals surface area contributed by atoms with Gasteiger partial charge in [0.15, 0.2) is 17.0 Å². The molecule has 3 aliphatic rings. The second-order valence-electron chi connectivity index (χ2n) is 12.8. The zero-order chi connectivity index (χ0) is 29.8. The summed E-state index contributed by atoms with van der Waals surface area (Å²) >= 11 is 0. The molecule has 1 amide bonds. The van der Waals surface area contributed by atoms with Gasteiger partial charge in [-0.1, -0.05) is 25.0 Å². The number of hydrogen-bond acceptors (Lipinski definition) is 9. The average molecular weight is 585 g/mol. The molecule has 1 saturated carbocycles. The number of carbonyl (C=O) groups is 1. The van der Waals surface area contributed by atoms with Crippen LogP contribution in [0.15, 0.2) is 30.6 Å². The second-order valence-corrected chi connectivity index (χ2v) is 12.8. The molecule has 3 aromatic rings. The predicted octanol–water partition coefficient (Wildman–Crippen LogP) is 3.04. The number of nitrogens with one attached hydrogen (secondary N) is 1. The van der Waals surface area contributed by atoms with Crippen molar-refractivity contribution in [1.82, 2.24) is 39.6 Å². The fourth-order valence-corrected chi connectivity index (χ4v) is 6.99. The third kappa shape index (κ3) is 7.15. The van der Waals surface area contributed by atoms with Crippen molar-refractivity contribution in [3.63, 3.8) is 0 Å². The van der Waals surface area contributed by atoms with Crippen molar-refractivity contribution in [2.45, 2.75) is 45.1 Å². The first kappa shape index (κ1) is 29.5. The van der Waals surface area contributed by atoms with Crippen molar-refractivity contribution in [1.29, 1.82) is 5.26 Å². The van der Waals surface area contributed by atoms with Crippen LogP contribution in [-0.4, -0.2) is 99.5 Å². The number of amides is 1. The first-order chi connectivity index (χ1) is 20.9. The maximum atomic E-state index is 13.5. The van der Waals surface area contributed by atoms with Crippen molar-refractivity contribution in [2.75, 3.05) is 64.4 Å². The Hall–Kier alpha value is -3.59. The molecule has 11 heteroatoms. The van der Waals surface area contributed by atoms with E-state index in [-0.39, 0.29) is 11.7 Å². The molecule has 1 unspecified atom stereocenters. The summed E-state index contributed by atoms with van der Waals surface area (Å²) in [6.45, 7) is 9.59. The van der Waals surface area contributed by atoms with Crippen LogP contribution in [0.25, 0.3) is 11.2 Å². The van der Waals surface area contributed by atoms with Crippen LogP contribution in [0, 0.1) is 23.2 Å². The van der Waals surface area contributed by atoms with Crippen molar-refractivity contribution in [3.05, 3.63) is 47.5 Å². The van der Waals surface area contributed by atoms with E-state index < -0.39 is 0 Å². The standard InChI is InChI=1S/C32H44N10O/c1-38-13-5-8-26(19-38)21-41-16-14-40(15-17-41)20-25-9-11-27(12-10-25)32(43)37-42(22-24-6-3-4-7-24)31-29-30(39(2)23-34-29)35-28(18-33)36-31/h9-12,23-24,26H,3-8,13-17,19-22H2,1-2H3,(H,37,43). The van der Waals surface area contributed by atoms with Crippen molar-refractivity contribution in [2.24, 2.45) is 18.9 Å². The number of aromatic nitrogens is 4. The summed E-state index contributed by atoms with van der Waals surface area (Å²) in [5.74, 6) is 1.56. The highest BCUT2D eigenvalue weighted by Gasteiger charge is 2.26. The van der Waals surface area contributed by atoms with Crippen LogP contribution in [0.1, 0.15) is 60.3 Å². The maximum absolute atomic E-state index is 13.5. The summed E-state index contributed by atoms with van der Waals surface area (Å²) in [6.07, 6.45) is 8.93. The normalized spacial score (nSPS) is 20.8. The van der Waals surface area contributed by atoms with Gasteiger partial charge >= 0.3 is 0 Å². The molecule has 1 atom stereocenters. The molecule has 2 saturated heterocycles. The molecule has 0 radical (unpaired) electrons. The number of piperidine rings is 1. The van der Waals surface area contributed by atoms with Gasteiger partial charge in [0.25, 0.3) is 5.91 Å². The summed E-state index contributed by atoms with van der Waals surface area (Å²) in [5, 5.41) is 11.4. The Labute approximate surface area is 254 Å². The van der Waals surface area contributed by atoms with Crippen molar-refractivity contribution >= 4 is 22.9 Å². The molecule has 2 aliphatic heterocycles. The number of likely N-dealkylation sites (tertiary alicyclic amines) is 1. The fourth-order valence-electron chi connectivity index (χ4n) is 6.99. The van der Waals surface area contributed by atoms with Crippen LogP contribution in [0.4, 0.5) is 5.82 Å². The lowest BCUT2D eigenvalue weighted by atomic mass is 9.97. The predicted molar refractivity (Wildman–Crippen MR) is 166 cm³/mol. The molecule has 2 aromatic heterocycles. The quantitative estimate of drug-likeness (QED) is 0.380. The molecule has 1 aliphatic carbocycles. The van der Waals surface area contributed by atoms with Gasteiger partial charge in [-0.15, -0.1) is 0 Å². The van der Waals surface area contributed by atoms with Gasteiger partial charge in [0.1, 0.15) is 6.07 Å². The molecule has 0 spiro atoms. The molecular weight excluding hydrogens is 540 g/mol. The summed E-state index contributed by atoms with van der Waals surface area (Å²) in [5.41, 5.74) is 6.04. The number of nitrogens with zero attached hydrogens (tertiary/aromatic N) is 9. The number of fused-ring (bicyclic) bond motifs is 1. The van der Waals surface area contributed by atoms with Crippen molar-refractivity contribution in [3.8, 4) is 6.07 Å². The number of aryl methyl sites for hydroxylation is 1. The third-order valence-electron chi connectivity index (χ3n) is 9.37. The zero-order valence-corrected chi connectivity index (χ0v) is 25.6. The molecule has 1 N–H and O–H groups in total. The van der Waals surface area contributed by atoms with Gasteiger partial charge in [0, 0.05) is 65.0 Å². The first-order valence-electron chi connectivity index (χ1n) is 15.8. The van der Waals surface area contributed by atoms with Gasteiger partial charge in [-0.2, -0.15) is 15.2 Å². The van der Waals surface area contributed by atoms with Gasteiger partial charge in [0.05, 0.1) is 6.33 Å². The smallest absolute Gasteiger partial charge is 0.269 e. The van der Waals surface area contributed by atoms with Crippen LogP contribution in [-0.2, 0) is 13.6 Å². The minimum atomic E-state index is -0.201. The number of hydrazine groups is 1. The van der Waals surface area contributed by atoms with E-state index in [0.717, 1.165) is 51.5 Å². The molecule has 11 nitrogen and oxygen atoms in total. The lowest BCUT2D eigenvalue weighted by Gasteiger charge is -2.38. The summed E-state index contributed by atoms with van der Waals surface area (Å²) < 4.78 is 1.77. The lowest BCUT2D eigenvalue weighted by Crippen LogP contribution is -2.48. The van der Waals surface area contributed by atoms with Crippen LogP contribution in [0.5, 0.6) is 0 Å². The largest absolute Gasteiger partial charge is 0.318 e. The minimum absolute atomic E-state index is 0.0588. The van der Waals surface area contributed by atoms with E-state index in [4.69, 9.17) is 0 Å². The molecule has 43 heavy (non-hydrogen) atoms. The number of nitriles is 1. The van der Waals surface area contributed by atoms with Gasteiger partial charge in [-0.3, -0.25) is 20.1 Å². The Morgan fingerprint density at radius 2 is 1.70 bits per heavy atom. The van der Waals surface area contributed by atoms with Crippen LogP contribution in [0.3, 0.4) is 0 Å². The molecule has 228 valence electrons. The molecule has 4 heterocycles. The zero-order valence-electron chi connectivity index (χ0n) is 25.6. The highest BCUT2D eigenvalue weighted by Crippen LogP contribution is 2.29. The third-order valence-corrected chi connectivity index (χ3v) is 9.37. The van der Waals surface area contributed by atoms with E-state index in [9.17, 15) is 10.1 Å². The highest BCUT2D eigenvalue weighted by atomic mass is 16.2. The monoisotopic (exact) mass is 584 g/mol. The SMILES string of the molecule is CN1CCCC(CN2CCN(Cc3ccc(C(=O)NN(CC4CCCC4)c4nc(C#N)nc5c4ncn5C)cc3)CC2)C1. The number of rotatable bonds is 9. The molecule has 0 bridgehead atoms. The fraction of sp³-hybridized carbons (Fsp3) is 0.594. The first-order valence-corrected chi connectivity index (χ1v) is 15.8. The molecule has 6 rings (SSSR count). The number of piperazine rings is 1. The topological polar surface area (TPSA) is 109 Å². The summed E-state index contributed by atoms with van der Waals surface area (Å²) in [4.78, 5) is 34.5. The number of anilines is 1. The van der Waals surface area contributed by atoms with Gasteiger partial charge in [-0.05, 0) is 68.8 Å². The van der Waals surface area contributed by atoms with E-state index in [1.807, 2.05) is 19.2 Å². The van der Waals surface area contributed by atoms with Crippen LogP contribution < -0.4 is 10.4 Å². The number of imidazole rings is 1. The van der Waals surface area contributed by atoms with Gasteiger partial charge in [-0.25, -0.2) is 4.98 Å². The molecule has 3 fully saturated rings. The van der Waals surface area contributed by atoms with Crippen LogP contribution >= 0.6 is 0 Å². The van der Waals surface area contributed by atoms with Gasteiger partial charge < -0.3 is 14.4 Å². The maximum Gasteiger partial charge on any atom is 0.269 e. The Morgan fingerprint density at radius 1 is 0.977 bits per heavy atom. The molecule has 1 aromatic carbocycles. The van der Waals surface area contributed by atoms with Crippen molar-refractivity contribution < 1.29 is 4.79 Å². The van der Waals surface area contributed by atoms with E-state index in [1.54, 1.807) is 15.9 Å². The minimum Gasteiger partial charge on any atom is -0.318 e. The number of carbonyl (C=O) groups excluding carboxylic acids is 1. The van der Waals surface area contributed by atoms with Crippen LogP contribution in [0.2, 0.25) is 0 Å². The van der Waals surface area contributed by atoms with E-state index >= 15 is 0 Å². The van der Waals surface area contributed by atoms with E-state index in [2.05, 4.69) is 60.3 Å². The van der Waals surface area contributed by atoms with E-state index in [1.165, 1.54) is 50.9 Å². The Bertz CT molecular complexity index is 1430. The Balaban J connectivity index is 1.08. The molecular formula is C32H44N10O. The number of benzene rings is 1.